The van der Waals surface area contributed by atoms with Crippen molar-refractivity contribution in [3.8, 4) is 11.4 Å². The standard InChI is InChI=1S/C20H23N5S/c1-15-7-9-16(10-8-15)19-22-25(20(26)23(19)2)14-24-12-4-6-18(24)17-5-3-11-21-13-17/h3,5,7-11,13,18H,4,6,12,14H2,1-2H3. The van der Waals surface area contributed by atoms with Gasteiger partial charge in [-0.25, -0.2) is 4.68 Å². The predicted molar refractivity (Wildman–Crippen MR) is 105 cm³/mol. The minimum absolute atomic E-state index is 0.385. The Morgan fingerprint density at radius 3 is 2.73 bits per heavy atom. The molecule has 1 aliphatic heterocycles. The van der Waals surface area contributed by atoms with E-state index in [-0.39, 0.29) is 0 Å². The van der Waals surface area contributed by atoms with Crippen molar-refractivity contribution in [2.45, 2.75) is 32.5 Å². The number of nitrogens with zero attached hydrogens (tertiary/aromatic N) is 5. The first kappa shape index (κ1) is 17.1. The van der Waals surface area contributed by atoms with Crippen LogP contribution in [0.1, 0.15) is 30.0 Å². The first-order valence-electron chi connectivity index (χ1n) is 8.98. The van der Waals surface area contributed by atoms with Gasteiger partial charge in [-0.05, 0) is 43.6 Å². The van der Waals surface area contributed by atoms with Crippen molar-refractivity contribution < 1.29 is 0 Å². The molecule has 0 N–H and O–H groups in total. The first-order valence-corrected chi connectivity index (χ1v) is 9.39. The Bertz CT molecular complexity index is 943. The summed E-state index contributed by atoms with van der Waals surface area (Å²) in [5.41, 5.74) is 3.60. The van der Waals surface area contributed by atoms with E-state index < -0.39 is 0 Å². The zero-order chi connectivity index (χ0) is 18.1. The highest BCUT2D eigenvalue weighted by atomic mass is 32.1. The Morgan fingerprint density at radius 2 is 2.00 bits per heavy atom. The Balaban J connectivity index is 1.61. The van der Waals surface area contributed by atoms with Crippen LogP contribution in [0.5, 0.6) is 0 Å². The van der Waals surface area contributed by atoms with Crippen molar-refractivity contribution in [1.29, 1.82) is 0 Å². The maximum Gasteiger partial charge on any atom is 0.199 e. The molecule has 5 nitrogen and oxygen atoms in total. The molecule has 6 heteroatoms. The lowest BCUT2D eigenvalue weighted by molar-refractivity contribution is 0.189. The fraction of sp³-hybridized carbons (Fsp3) is 0.350. The topological polar surface area (TPSA) is 38.9 Å². The Morgan fingerprint density at radius 1 is 1.19 bits per heavy atom. The Labute approximate surface area is 158 Å². The molecule has 1 fully saturated rings. The summed E-state index contributed by atoms with van der Waals surface area (Å²) < 4.78 is 4.69. The molecule has 134 valence electrons. The van der Waals surface area contributed by atoms with E-state index in [4.69, 9.17) is 17.3 Å². The van der Waals surface area contributed by atoms with Crippen molar-refractivity contribution in [3.63, 3.8) is 0 Å². The number of likely N-dealkylation sites (tertiary alicyclic amines) is 1. The van der Waals surface area contributed by atoms with Gasteiger partial charge >= 0.3 is 0 Å². The van der Waals surface area contributed by atoms with E-state index in [1.807, 2.05) is 34.8 Å². The summed E-state index contributed by atoms with van der Waals surface area (Å²) in [5.74, 6) is 0.909. The third-order valence-corrected chi connectivity index (χ3v) is 5.58. The molecule has 1 saturated heterocycles. The zero-order valence-corrected chi connectivity index (χ0v) is 16.0. The second-order valence-electron chi connectivity index (χ2n) is 6.93. The average Bonchev–Trinajstić information content (AvgIpc) is 3.24. The molecule has 1 atom stereocenters. The van der Waals surface area contributed by atoms with Crippen LogP contribution in [0.2, 0.25) is 0 Å². The van der Waals surface area contributed by atoms with Crippen molar-refractivity contribution >= 4 is 12.2 Å². The molecular formula is C20H23N5S. The van der Waals surface area contributed by atoms with Crippen LogP contribution in [0.4, 0.5) is 0 Å². The lowest BCUT2D eigenvalue weighted by Gasteiger charge is -2.24. The molecule has 0 aliphatic carbocycles. The number of aromatic nitrogens is 4. The lowest BCUT2D eigenvalue weighted by atomic mass is 10.1. The number of aryl methyl sites for hydroxylation is 1. The third kappa shape index (κ3) is 3.22. The van der Waals surface area contributed by atoms with Gasteiger partial charge < -0.3 is 4.57 Å². The number of rotatable bonds is 4. The van der Waals surface area contributed by atoms with Crippen LogP contribution in [0, 0.1) is 11.7 Å². The zero-order valence-electron chi connectivity index (χ0n) is 15.2. The summed E-state index contributed by atoms with van der Waals surface area (Å²) in [6.07, 6.45) is 6.13. The van der Waals surface area contributed by atoms with Gasteiger partial charge in [0, 0.05) is 37.6 Å². The smallest absolute Gasteiger partial charge is 0.199 e. The molecule has 0 bridgehead atoms. The quantitative estimate of drug-likeness (QED) is 0.652. The second kappa shape index (κ2) is 7.13. The highest BCUT2D eigenvalue weighted by Crippen LogP contribution is 2.32. The van der Waals surface area contributed by atoms with Gasteiger partial charge in [-0.2, -0.15) is 5.10 Å². The summed E-state index contributed by atoms with van der Waals surface area (Å²) >= 11 is 5.65. The molecule has 1 aromatic carbocycles. The van der Waals surface area contributed by atoms with Crippen LogP contribution in [0.3, 0.4) is 0 Å². The SMILES string of the molecule is Cc1ccc(-c2nn(CN3CCCC3c3cccnc3)c(=S)n2C)cc1. The van der Waals surface area contributed by atoms with Crippen LogP contribution in [0.15, 0.2) is 48.8 Å². The van der Waals surface area contributed by atoms with E-state index in [9.17, 15) is 0 Å². The van der Waals surface area contributed by atoms with E-state index in [1.54, 1.807) is 0 Å². The van der Waals surface area contributed by atoms with Gasteiger partial charge in [-0.1, -0.05) is 35.9 Å². The van der Waals surface area contributed by atoms with Gasteiger partial charge in [-0.15, -0.1) is 0 Å². The van der Waals surface area contributed by atoms with Gasteiger partial charge in [0.2, 0.25) is 0 Å². The number of benzene rings is 1. The molecule has 0 saturated carbocycles. The lowest BCUT2D eigenvalue weighted by Crippen LogP contribution is -2.27. The van der Waals surface area contributed by atoms with Crippen LogP contribution in [-0.2, 0) is 13.7 Å². The maximum absolute atomic E-state index is 5.65. The molecule has 1 unspecified atom stereocenters. The molecule has 0 radical (unpaired) electrons. The first-order chi connectivity index (χ1) is 12.6. The van der Waals surface area contributed by atoms with Crippen LogP contribution in [0.25, 0.3) is 11.4 Å². The molecule has 1 aliphatic rings. The van der Waals surface area contributed by atoms with Crippen molar-refractivity contribution in [2.75, 3.05) is 6.54 Å². The summed E-state index contributed by atoms with van der Waals surface area (Å²) in [5, 5.41) is 4.82. The average molecular weight is 366 g/mol. The van der Waals surface area contributed by atoms with Crippen LogP contribution >= 0.6 is 12.2 Å². The molecule has 2 aromatic heterocycles. The molecule has 3 heterocycles. The highest BCUT2D eigenvalue weighted by Gasteiger charge is 2.27. The monoisotopic (exact) mass is 365 g/mol. The minimum atomic E-state index is 0.385. The van der Waals surface area contributed by atoms with Gasteiger partial charge in [-0.3, -0.25) is 9.88 Å². The van der Waals surface area contributed by atoms with E-state index in [0.29, 0.717) is 12.7 Å². The van der Waals surface area contributed by atoms with Gasteiger partial charge in [0.05, 0.1) is 6.67 Å². The molecule has 3 aromatic rings. The normalized spacial score (nSPS) is 17.7. The van der Waals surface area contributed by atoms with Gasteiger partial charge in [0.15, 0.2) is 10.6 Å². The third-order valence-electron chi connectivity index (χ3n) is 5.10. The van der Waals surface area contributed by atoms with E-state index in [2.05, 4.69) is 47.1 Å². The fourth-order valence-electron chi connectivity index (χ4n) is 3.65. The van der Waals surface area contributed by atoms with Crippen molar-refractivity contribution in [3.05, 3.63) is 64.7 Å². The molecule has 26 heavy (non-hydrogen) atoms. The Hall–Kier alpha value is -2.31. The van der Waals surface area contributed by atoms with Crippen molar-refractivity contribution in [2.24, 2.45) is 7.05 Å². The highest BCUT2D eigenvalue weighted by molar-refractivity contribution is 7.71. The van der Waals surface area contributed by atoms with Crippen molar-refractivity contribution in [1.82, 2.24) is 24.2 Å². The van der Waals surface area contributed by atoms with Gasteiger partial charge in [0.1, 0.15) is 0 Å². The largest absolute Gasteiger partial charge is 0.303 e. The summed E-state index contributed by atoms with van der Waals surface area (Å²) in [6.45, 7) is 3.85. The van der Waals surface area contributed by atoms with E-state index in [1.165, 1.54) is 17.5 Å². The number of hydrogen-bond donors (Lipinski definition) is 0. The summed E-state index contributed by atoms with van der Waals surface area (Å²) in [7, 11) is 1.99. The summed E-state index contributed by atoms with van der Waals surface area (Å²) in [4.78, 5) is 6.72. The van der Waals surface area contributed by atoms with Gasteiger partial charge in [0.25, 0.3) is 0 Å². The molecule has 0 amide bonds. The van der Waals surface area contributed by atoms with Crippen LogP contribution in [-0.4, -0.2) is 30.8 Å². The molecule has 0 spiro atoms. The predicted octanol–water partition coefficient (Wildman–Crippen LogP) is 4.12. The number of hydrogen-bond acceptors (Lipinski definition) is 4. The summed E-state index contributed by atoms with van der Waals surface area (Å²) in [6, 6.07) is 13.0. The maximum atomic E-state index is 5.65. The molecular weight excluding hydrogens is 342 g/mol. The fourth-order valence-corrected chi connectivity index (χ4v) is 3.84. The number of pyridine rings is 1. The Kier molecular flexibility index (Phi) is 4.70. The molecule has 4 rings (SSSR count). The minimum Gasteiger partial charge on any atom is -0.303 e. The second-order valence-corrected chi connectivity index (χ2v) is 7.29. The van der Waals surface area contributed by atoms with E-state index >= 15 is 0 Å². The van der Waals surface area contributed by atoms with E-state index in [0.717, 1.165) is 29.1 Å². The van der Waals surface area contributed by atoms with Crippen LogP contribution < -0.4 is 0 Å².